The van der Waals surface area contributed by atoms with Crippen LogP contribution < -0.4 is 5.56 Å². The summed E-state index contributed by atoms with van der Waals surface area (Å²) >= 11 is 0. The van der Waals surface area contributed by atoms with Gasteiger partial charge >= 0.3 is 0 Å². The van der Waals surface area contributed by atoms with Crippen molar-refractivity contribution >= 4 is 10.8 Å². The first-order chi connectivity index (χ1) is 6.20. The van der Waals surface area contributed by atoms with Gasteiger partial charge in [0.2, 0.25) is 0 Å². The fourth-order valence-electron chi connectivity index (χ4n) is 1.24. The van der Waals surface area contributed by atoms with E-state index in [1.807, 2.05) is 0 Å². The van der Waals surface area contributed by atoms with E-state index in [4.69, 9.17) is 0 Å². The molecule has 4 heteroatoms. The van der Waals surface area contributed by atoms with Crippen molar-refractivity contribution in [3.8, 4) is 0 Å². The number of aryl methyl sites for hydroxylation is 1. The molecule has 0 aliphatic rings. The molecule has 66 valence electrons. The fraction of sp³-hybridized carbons (Fsp3) is 0.111. The number of hydrogen-bond acceptors (Lipinski definition) is 2. The molecule has 0 bridgehead atoms. The van der Waals surface area contributed by atoms with Crippen molar-refractivity contribution in [3.63, 3.8) is 0 Å². The SMILES string of the molecule is Cn1ncc2cccc(F)c2c1=O. The Kier molecular flexibility index (Phi) is 1.62. The van der Waals surface area contributed by atoms with Crippen molar-refractivity contribution in [2.24, 2.45) is 7.05 Å². The van der Waals surface area contributed by atoms with Crippen LogP contribution in [0.15, 0.2) is 29.2 Å². The highest BCUT2D eigenvalue weighted by atomic mass is 19.1. The molecule has 0 aliphatic carbocycles. The number of halogens is 1. The molecular formula is C9H7FN2O. The Morgan fingerprint density at radius 3 is 3.00 bits per heavy atom. The zero-order valence-electron chi connectivity index (χ0n) is 6.99. The third-order valence-corrected chi connectivity index (χ3v) is 1.92. The van der Waals surface area contributed by atoms with Gasteiger partial charge < -0.3 is 0 Å². The second kappa shape index (κ2) is 2.65. The van der Waals surface area contributed by atoms with Gasteiger partial charge in [-0.1, -0.05) is 12.1 Å². The summed E-state index contributed by atoms with van der Waals surface area (Å²) in [5, 5.41) is 4.41. The van der Waals surface area contributed by atoms with Crippen LogP contribution in [-0.4, -0.2) is 9.78 Å². The highest BCUT2D eigenvalue weighted by Crippen LogP contribution is 2.11. The summed E-state index contributed by atoms with van der Waals surface area (Å²) < 4.78 is 14.3. The molecule has 0 saturated heterocycles. The van der Waals surface area contributed by atoms with E-state index in [0.717, 1.165) is 4.68 Å². The normalized spacial score (nSPS) is 10.6. The second-order valence-electron chi connectivity index (χ2n) is 2.78. The topological polar surface area (TPSA) is 34.9 Å². The molecular weight excluding hydrogens is 171 g/mol. The van der Waals surface area contributed by atoms with Crippen LogP contribution in [0.25, 0.3) is 10.8 Å². The third kappa shape index (κ3) is 1.11. The van der Waals surface area contributed by atoms with Crippen molar-refractivity contribution in [1.82, 2.24) is 9.78 Å². The number of aromatic nitrogens is 2. The molecule has 3 nitrogen and oxygen atoms in total. The van der Waals surface area contributed by atoms with Crippen LogP contribution in [0, 0.1) is 5.82 Å². The predicted octanol–water partition coefficient (Wildman–Crippen LogP) is 1.07. The quantitative estimate of drug-likeness (QED) is 0.604. The number of hydrogen-bond donors (Lipinski definition) is 0. The Bertz CT molecular complexity index is 518. The molecule has 0 spiro atoms. The largest absolute Gasteiger partial charge is 0.277 e. The van der Waals surface area contributed by atoms with Gasteiger partial charge in [0.05, 0.1) is 11.6 Å². The van der Waals surface area contributed by atoms with Crippen molar-refractivity contribution in [1.29, 1.82) is 0 Å². The molecule has 1 aromatic heterocycles. The van der Waals surface area contributed by atoms with Crippen LogP contribution in [0.2, 0.25) is 0 Å². The first kappa shape index (κ1) is 7.91. The van der Waals surface area contributed by atoms with Gasteiger partial charge in [-0.25, -0.2) is 9.07 Å². The lowest BCUT2D eigenvalue weighted by Gasteiger charge is -1.99. The molecule has 0 fully saturated rings. The molecule has 0 aliphatic heterocycles. The molecule has 2 rings (SSSR count). The van der Waals surface area contributed by atoms with Crippen molar-refractivity contribution < 1.29 is 4.39 Å². The van der Waals surface area contributed by atoms with E-state index in [9.17, 15) is 9.18 Å². The molecule has 0 atom stereocenters. The van der Waals surface area contributed by atoms with Crippen molar-refractivity contribution in [3.05, 3.63) is 40.6 Å². The van der Waals surface area contributed by atoms with Gasteiger partial charge in [-0.05, 0) is 6.07 Å². The van der Waals surface area contributed by atoms with Crippen LogP contribution in [-0.2, 0) is 7.05 Å². The van der Waals surface area contributed by atoms with Gasteiger partial charge in [-0.3, -0.25) is 4.79 Å². The number of rotatable bonds is 0. The zero-order chi connectivity index (χ0) is 9.42. The lowest BCUT2D eigenvalue weighted by Crippen LogP contribution is -2.19. The Morgan fingerprint density at radius 1 is 1.46 bits per heavy atom. The molecule has 0 saturated carbocycles. The van der Waals surface area contributed by atoms with Gasteiger partial charge in [0.15, 0.2) is 0 Å². The smallest absolute Gasteiger partial charge is 0.267 e. The molecule has 0 amide bonds. The average Bonchev–Trinajstić information content (AvgIpc) is 2.12. The van der Waals surface area contributed by atoms with E-state index in [-0.39, 0.29) is 5.39 Å². The van der Waals surface area contributed by atoms with Crippen LogP contribution in [0.4, 0.5) is 4.39 Å². The minimum absolute atomic E-state index is 0.0972. The van der Waals surface area contributed by atoms with E-state index < -0.39 is 11.4 Å². The van der Waals surface area contributed by atoms with Crippen LogP contribution >= 0.6 is 0 Å². The minimum Gasteiger partial charge on any atom is -0.267 e. The predicted molar refractivity (Wildman–Crippen MR) is 46.9 cm³/mol. The summed E-state index contributed by atoms with van der Waals surface area (Å²) in [5.74, 6) is -0.500. The van der Waals surface area contributed by atoms with Gasteiger partial charge in [-0.2, -0.15) is 5.10 Å². The van der Waals surface area contributed by atoms with Crippen LogP contribution in [0.3, 0.4) is 0 Å². The maximum absolute atomic E-state index is 13.2. The van der Waals surface area contributed by atoms with E-state index in [1.54, 1.807) is 12.1 Å². The average molecular weight is 178 g/mol. The van der Waals surface area contributed by atoms with E-state index in [1.165, 1.54) is 19.3 Å². The molecule has 1 heterocycles. The summed E-state index contributed by atoms with van der Waals surface area (Å²) in [6.07, 6.45) is 1.47. The Balaban J connectivity index is 3.06. The second-order valence-corrected chi connectivity index (χ2v) is 2.78. The first-order valence-electron chi connectivity index (χ1n) is 3.80. The summed E-state index contributed by atoms with van der Waals surface area (Å²) in [6, 6.07) is 4.48. The molecule has 2 aromatic rings. The van der Waals surface area contributed by atoms with E-state index in [0.29, 0.717) is 5.39 Å². The number of benzene rings is 1. The minimum atomic E-state index is -0.500. The maximum atomic E-state index is 13.2. The summed E-state index contributed by atoms with van der Waals surface area (Å²) in [5.41, 5.74) is -0.407. The van der Waals surface area contributed by atoms with E-state index in [2.05, 4.69) is 5.10 Å². The summed E-state index contributed by atoms with van der Waals surface area (Å²) in [6.45, 7) is 0. The lowest BCUT2D eigenvalue weighted by molar-refractivity contribution is 0.632. The summed E-state index contributed by atoms with van der Waals surface area (Å²) in [7, 11) is 1.49. The third-order valence-electron chi connectivity index (χ3n) is 1.92. The Morgan fingerprint density at radius 2 is 2.23 bits per heavy atom. The molecule has 1 aromatic carbocycles. The van der Waals surface area contributed by atoms with Crippen LogP contribution in [0.5, 0.6) is 0 Å². The summed E-state index contributed by atoms with van der Waals surface area (Å²) in [4.78, 5) is 11.4. The first-order valence-corrected chi connectivity index (χ1v) is 3.80. The monoisotopic (exact) mass is 178 g/mol. The molecule has 0 N–H and O–H groups in total. The Hall–Kier alpha value is -1.71. The van der Waals surface area contributed by atoms with Gasteiger partial charge in [0.1, 0.15) is 5.82 Å². The molecule has 0 unspecified atom stereocenters. The molecule has 13 heavy (non-hydrogen) atoms. The maximum Gasteiger partial charge on any atom is 0.277 e. The highest BCUT2D eigenvalue weighted by Gasteiger charge is 2.05. The Labute approximate surface area is 73.4 Å². The van der Waals surface area contributed by atoms with Crippen molar-refractivity contribution in [2.75, 3.05) is 0 Å². The van der Waals surface area contributed by atoms with Crippen molar-refractivity contribution in [2.45, 2.75) is 0 Å². The zero-order valence-corrected chi connectivity index (χ0v) is 6.99. The van der Waals surface area contributed by atoms with E-state index >= 15 is 0 Å². The van der Waals surface area contributed by atoms with Gasteiger partial charge in [0.25, 0.3) is 5.56 Å². The highest BCUT2D eigenvalue weighted by molar-refractivity contribution is 5.80. The van der Waals surface area contributed by atoms with Gasteiger partial charge in [0, 0.05) is 12.4 Å². The molecule has 0 radical (unpaired) electrons. The number of nitrogens with zero attached hydrogens (tertiary/aromatic N) is 2. The lowest BCUT2D eigenvalue weighted by atomic mass is 10.2. The standard InChI is InChI=1S/C9H7FN2O/c1-12-9(13)8-6(5-11-12)3-2-4-7(8)10/h2-5H,1H3. The van der Waals surface area contributed by atoms with Gasteiger partial charge in [-0.15, -0.1) is 0 Å². The fourth-order valence-corrected chi connectivity index (χ4v) is 1.24. The van der Waals surface area contributed by atoms with Crippen LogP contribution in [0.1, 0.15) is 0 Å². The number of fused-ring (bicyclic) bond motifs is 1.